The van der Waals surface area contributed by atoms with Crippen molar-refractivity contribution in [3.8, 4) is 5.75 Å². The van der Waals surface area contributed by atoms with Crippen LogP contribution in [0.1, 0.15) is 24.1 Å². The van der Waals surface area contributed by atoms with Gasteiger partial charge >= 0.3 is 0 Å². The molecule has 1 amide bonds. The Labute approximate surface area is 155 Å². The Balaban J connectivity index is 1.78. The predicted molar refractivity (Wildman–Crippen MR) is 100 cm³/mol. The van der Waals surface area contributed by atoms with Crippen molar-refractivity contribution in [3.05, 3.63) is 58.6 Å². The third-order valence-electron chi connectivity index (χ3n) is 4.63. The van der Waals surface area contributed by atoms with Crippen molar-refractivity contribution in [2.45, 2.75) is 17.9 Å². The zero-order valence-electron chi connectivity index (χ0n) is 13.9. The summed E-state index contributed by atoms with van der Waals surface area (Å²) in [6.45, 7) is 1.56. The average molecular weight is 373 g/mol. The molecular formula is C19H17ClN2O2S. The number of hydrogen-bond acceptors (Lipinski definition) is 4. The van der Waals surface area contributed by atoms with Gasteiger partial charge in [0, 0.05) is 34.1 Å². The highest BCUT2D eigenvalue weighted by atomic mass is 35.5. The molecule has 0 bridgehead atoms. The fourth-order valence-electron chi connectivity index (χ4n) is 3.44. The van der Waals surface area contributed by atoms with Crippen LogP contribution in [0.25, 0.3) is 0 Å². The summed E-state index contributed by atoms with van der Waals surface area (Å²) in [4.78, 5) is 13.4. The lowest BCUT2D eigenvalue weighted by Gasteiger charge is -2.29. The number of benzene rings is 2. The molecular weight excluding hydrogens is 356 g/mol. The lowest BCUT2D eigenvalue weighted by molar-refractivity contribution is -0.131. The average Bonchev–Trinajstić information content (AvgIpc) is 3.02. The van der Waals surface area contributed by atoms with Crippen LogP contribution in [0.4, 0.5) is 0 Å². The number of hydrogen-bond donors (Lipinski definition) is 0. The fourth-order valence-corrected chi connectivity index (χ4v) is 4.80. The number of carbonyl (C=O) groups excluding carboxylic acids is 1. The number of methoxy groups -OCH3 is 1. The van der Waals surface area contributed by atoms with Gasteiger partial charge in [-0.15, -0.1) is 11.8 Å². The summed E-state index contributed by atoms with van der Waals surface area (Å²) in [5.41, 5.74) is 3.05. The number of hydrazone groups is 1. The van der Waals surface area contributed by atoms with Crippen molar-refractivity contribution in [1.29, 1.82) is 0 Å². The van der Waals surface area contributed by atoms with Crippen molar-refractivity contribution in [1.82, 2.24) is 5.01 Å². The molecule has 2 aliphatic rings. The molecule has 0 spiro atoms. The first kappa shape index (κ1) is 16.5. The van der Waals surface area contributed by atoms with E-state index in [4.69, 9.17) is 16.3 Å². The van der Waals surface area contributed by atoms with Gasteiger partial charge < -0.3 is 4.74 Å². The molecule has 2 aliphatic heterocycles. The zero-order chi connectivity index (χ0) is 17.6. The van der Waals surface area contributed by atoms with Gasteiger partial charge in [-0.2, -0.15) is 5.10 Å². The summed E-state index contributed by atoms with van der Waals surface area (Å²) in [6, 6.07) is 13.6. The number of nitrogens with zero attached hydrogens (tertiary/aromatic N) is 2. The number of amides is 1. The van der Waals surface area contributed by atoms with Crippen LogP contribution in [0.15, 0.2) is 52.5 Å². The van der Waals surface area contributed by atoms with E-state index in [0.717, 1.165) is 28.3 Å². The van der Waals surface area contributed by atoms with Crippen molar-refractivity contribution in [2.75, 3.05) is 12.9 Å². The second kappa shape index (κ2) is 6.39. The van der Waals surface area contributed by atoms with Crippen LogP contribution in [0.3, 0.4) is 0 Å². The Hall–Kier alpha value is -1.98. The smallest absolute Gasteiger partial charge is 0.240 e. The van der Waals surface area contributed by atoms with Gasteiger partial charge in [-0.1, -0.05) is 23.7 Å². The molecule has 0 saturated carbocycles. The molecule has 0 saturated heterocycles. The minimum absolute atomic E-state index is 0.0590. The molecule has 0 N–H and O–H groups in total. The minimum Gasteiger partial charge on any atom is -0.497 e. The Kier molecular flexibility index (Phi) is 4.21. The first-order chi connectivity index (χ1) is 12.1. The molecule has 4 rings (SSSR count). The summed E-state index contributed by atoms with van der Waals surface area (Å²) in [5.74, 6) is 1.77. The van der Waals surface area contributed by atoms with Crippen molar-refractivity contribution in [3.63, 3.8) is 0 Å². The highest BCUT2D eigenvalue weighted by Crippen LogP contribution is 2.46. The van der Waals surface area contributed by atoms with E-state index >= 15 is 0 Å². The van der Waals surface area contributed by atoms with Gasteiger partial charge in [0.2, 0.25) is 5.91 Å². The maximum atomic E-state index is 12.2. The van der Waals surface area contributed by atoms with Crippen molar-refractivity contribution < 1.29 is 9.53 Å². The lowest BCUT2D eigenvalue weighted by Crippen LogP contribution is -2.31. The molecule has 4 nitrogen and oxygen atoms in total. The number of ether oxygens (including phenoxy) is 1. The molecule has 0 aliphatic carbocycles. The van der Waals surface area contributed by atoms with E-state index < -0.39 is 0 Å². The minimum atomic E-state index is -0.0990. The van der Waals surface area contributed by atoms with Crippen LogP contribution >= 0.6 is 23.4 Å². The number of rotatable bonds is 2. The third kappa shape index (κ3) is 2.81. The molecule has 0 unspecified atom stereocenters. The maximum Gasteiger partial charge on any atom is 0.240 e. The number of carbonyl (C=O) groups is 1. The Morgan fingerprint density at radius 2 is 2.04 bits per heavy atom. The van der Waals surface area contributed by atoms with Crippen LogP contribution in [-0.2, 0) is 4.79 Å². The monoisotopic (exact) mass is 372 g/mol. The van der Waals surface area contributed by atoms with Crippen LogP contribution in [-0.4, -0.2) is 29.5 Å². The SMILES string of the molecule is COc1ccc([C@H]2[C@H]3CSc4ccc(Cl)cc4C3=NN2C(C)=O)cc1. The Morgan fingerprint density at radius 1 is 1.28 bits per heavy atom. The third-order valence-corrected chi connectivity index (χ3v) is 6.06. The predicted octanol–water partition coefficient (Wildman–Crippen LogP) is 4.38. The molecule has 6 heteroatoms. The normalized spacial score (nSPS) is 21.4. The quantitative estimate of drug-likeness (QED) is 0.785. The van der Waals surface area contributed by atoms with Crippen LogP contribution < -0.4 is 4.74 Å². The molecule has 0 fully saturated rings. The molecule has 0 radical (unpaired) electrons. The van der Waals surface area contributed by atoms with E-state index in [9.17, 15) is 4.79 Å². The van der Waals surface area contributed by atoms with Gasteiger partial charge in [0.05, 0.1) is 18.9 Å². The van der Waals surface area contributed by atoms with Crippen LogP contribution in [0.2, 0.25) is 5.02 Å². The summed E-state index contributed by atoms with van der Waals surface area (Å²) in [6.07, 6.45) is 0. The fraction of sp³-hybridized carbons (Fsp3) is 0.263. The molecule has 2 aromatic carbocycles. The summed E-state index contributed by atoms with van der Waals surface area (Å²) in [7, 11) is 1.64. The van der Waals surface area contributed by atoms with Crippen LogP contribution in [0, 0.1) is 5.92 Å². The molecule has 25 heavy (non-hydrogen) atoms. The lowest BCUT2D eigenvalue weighted by atomic mass is 9.88. The van der Waals surface area contributed by atoms with Gasteiger partial charge in [-0.25, -0.2) is 5.01 Å². The highest BCUT2D eigenvalue weighted by molar-refractivity contribution is 7.99. The van der Waals surface area contributed by atoms with Crippen LogP contribution in [0.5, 0.6) is 5.75 Å². The van der Waals surface area contributed by atoms with E-state index in [0.29, 0.717) is 5.02 Å². The zero-order valence-corrected chi connectivity index (χ0v) is 15.5. The Bertz CT molecular complexity index is 866. The van der Waals surface area contributed by atoms with E-state index in [2.05, 4.69) is 5.10 Å². The first-order valence-electron chi connectivity index (χ1n) is 8.03. The van der Waals surface area contributed by atoms with Crippen molar-refractivity contribution >= 4 is 35.0 Å². The van der Waals surface area contributed by atoms with E-state index in [1.807, 2.05) is 42.5 Å². The van der Waals surface area contributed by atoms with Gasteiger partial charge in [-0.3, -0.25) is 4.79 Å². The van der Waals surface area contributed by atoms with Gasteiger partial charge in [0.25, 0.3) is 0 Å². The van der Waals surface area contributed by atoms with E-state index in [1.165, 1.54) is 4.90 Å². The first-order valence-corrected chi connectivity index (χ1v) is 9.40. The molecule has 0 aromatic heterocycles. The standard InChI is InChI=1S/C19H17ClN2O2S/c1-11(23)22-19(12-3-6-14(24-2)7-4-12)16-10-25-17-8-5-13(20)9-15(17)18(16)21-22/h3-9,16,19H,10H2,1-2H3/t16-,19-/m0/s1. The number of thioether (sulfide) groups is 1. The van der Waals surface area contributed by atoms with Gasteiger partial charge in [0.1, 0.15) is 5.75 Å². The number of fused-ring (bicyclic) bond motifs is 3. The molecule has 2 heterocycles. The summed E-state index contributed by atoms with van der Waals surface area (Å²) < 4.78 is 5.24. The molecule has 2 atom stereocenters. The van der Waals surface area contributed by atoms with E-state index in [1.54, 1.807) is 30.8 Å². The molecule has 128 valence electrons. The summed E-state index contributed by atoms with van der Waals surface area (Å²) >= 11 is 7.99. The summed E-state index contributed by atoms with van der Waals surface area (Å²) in [5, 5.41) is 6.98. The maximum absolute atomic E-state index is 12.2. The largest absolute Gasteiger partial charge is 0.497 e. The topological polar surface area (TPSA) is 41.9 Å². The highest BCUT2D eigenvalue weighted by Gasteiger charge is 2.43. The molecule has 2 aromatic rings. The second-order valence-electron chi connectivity index (χ2n) is 6.12. The van der Waals surface area contributed by atoms with Gasteiger partial charge in [0.15, 0.2) is 0 Å². The van der Waals surface area contributed by atoms with E-state index in [-0.39, 0.29) is 17.9 Å². The Morgan fingerprint density at radius 3 is 2.72 bits per heavy atom. The second-order valence-corrected chi connectivity index (χ2v) is 7.62. The van der Waals surface area contributed by atoms with Crippen molar-refractivity contribution in [2.24, 2.45) is 11.0 Å². The number of halogens is 1. The van der Waals surface area contributed by atoms with Gasteiger partial charge in [-0.05, 0) is 35.9 Å².